The maximum absolute atomic E-state index is 13.3. The van der Waals surface area contributed by atoms with Gasteiger partial charge in [0.1, 0.15) is 12.0 Å². The van der Waals surface area contributed by atoms with Gasteiger partial charge in [-0.3, -0.25) is 0 Å². The van der Waals surface area contributed by atoms with E-state index >= 15 is 0 Å². The van der Waals surface area contributed by atoms with Crippen LogP contribution in [-0.4, -0.2) is 43.3 Å². The van der Waals surface area contributed by atoms with Crippen molar-refractivity contribution in [1.82, 2.24) is 4.31 Å². The summed E-state index contributed by atoms with van der Waals surface area (Å²) < 4.78 is 33.3. The molecule has 2 atom stereocenters. The predicted molar refractivity (Wildman–Crippen MR) is 113 cm³/mol. The van der Waals surface area contributed by atoms with Crippen molar-refractivity contribution in [2.75, 3.05) is 13.2 Å². The minimum atomic E-state index is -3.86. The molecule has 3 rings (SSSR count). The summed E-state index contributed by atoms with van der Waals surface area (Å²) in [5, 5.41) is 10.8. The standard InChI is InChI=1S/C22H30N2O4S/c1-16(2)15-24(22(25)14-19(23)12-17-6-4-3-5-7-17)29(26,27)20-8-9-21-18(13-20)10-11-28-21/h3-9,13,16,19,22,25H,10-12,14-15,23H2,1-2H3. The van der Waals surface area contributed by atoms with Crippen LogP contribution in [0.25, 0.3) is 0 Å². The van der Waals surface area contributed by atoms with Gasteiger partial charge in [0.05, 0.1) is 11.5 Å². The minimum Gasteiger partial charge on any atom is -0.493 e. The maximum Gasteiger partial charge on any atom is 0.245 e. The highest BCUT2D eigenvalue weighted by Crippen LogP contribution is 2.30. The Labute approximate surface area is 173 Å². The van der Waals surface area contributed by atoms with Crippen molar-refractivity contribution in [3.05, 3.63) is 59.7 Å². The maximum atomic E-state index is 13.3. The molecule has 6 nitrogen and oxygen atoms in total. The second kappa shape index (κ2) is 9.26. The van der Waals surface area contributed by atoms with Crippen LogP contribution in [0, 0.1) is 5.92 Å². The van der Waals surface area contributed by atoms with Crippen LogP contribution in [0.2, 0.25) is 0 Å². The van der Waals surface area contributed by atoms with E-state index in [1.807, 2.05) is 44.2 Å². The zero-order chi connectivity index (χ0) is 21.0. The lowest BCUT2D eigenvalue weighted by molar-refractivity contribution is 0.0434. The molecule has 1 aliphatic heterocycles. The number of fused-ring (bicyclic) bond motifs is 1. The average molecular weight is 419 g/mol. The molecule has 0 spiro atoms. The number of aliphatic hydroxyl groups is 1. The Balaban J connectivity index is 1.78. The molecule has 0 bridgehead atoms. The highest BCUT2D eigenvalue weighted by Gasteiger charge is 2.32. The molecule has 0 fully saturated rings. The van der Waals surface area contributed by atoms with Gasteiger partial charge in [-0.2, -0.15) is 4.31 Å². The summed E-state index contributed by atoms with van der Waals surface area (Å²) in [6.07, 6.45) is 0.233. The number of nitrogens with zero attached hydrogens (tertiary/aromatic N) is 1. The lowest BCUT2D eigenvalue weighted by Crippen LogP contribution is -2.45. The second-order valence-corrected chi connectivity index (χ2v) is 9.89. The minimum absolute atomic E-state index is 0.0579. The average Bonchev–Trinajstić information content (AvgIpc) is 3.14. The summed E-state index contributed by atoms with van der Waals surface area (Å²) in [7, 11) is -3.86. The largest absolute Gasteiger partial charge is 0.493 e. The number of rotatable bonds is 9. The fourth-order valence-corrected chi connectivity index (χ4v) is 5.29. The summed E-state index contributed by atoms with van der Waals surface area (Å²) in [4.78, 5) is 0.179. The third-order valence-corrected chi connectivity index (χ3v) is 6.86. The van der Waals surface area contributed by atoms with E-state index in [1.165, 1.54) is 4.31 Å². The topological polar surface area (TPSA) is 92.9 Å². The molecule has 158 valence electrons. The SMILES string of the molecule is CC(C)CN(C(O)CC(N)Cc1ccccc1)S(=O)(=O)c1ccc2c(c1)CCO2. The lowest BCUT2D eigenvalue weighted by atomic mass is 10.0. The van der Waals surface area contributed by atoms with Crippen molar-refractivity contribution in [1.29, 1.82) is 0 Å². The van der Waals surface area contributed by atoms with Gasteiger partial charge in [-0.05, 0) is 41.7 Å². The smallest absolute Gasteiger partial charge is 0.245 e. The van der Waals surface area contributed by atoms with Crippen LogP contribution in [0.4, 0.5) is 0 Å². The Morgan fingerprint density at radius 1 is 1.17 bits per heavy atom. The van der Waals surface area contributed by atoms with Crippen molar-refractivity contribution < 1.29 is 18.3 Å². The molecule has 0 saturated carbocycles. The molecule has 2 aromatic rings. The van der Waals surface area contributed by atoms with Crippen molar-refractivity contribution in [2.24, 2.45) is 11.7 Å². The van der Waals surface area contributed by atoms with Gasteiger partial charge in [-0.25, -0.2) is 8.42 Å². The predicted octanol–water partition coefficient (Wildman–Crippen LogP) is 2.55. The van der Waals surface area contributed by atoms with Gasteiger partial charge in [0.15, 0.2) is 0 Å². The highest BCUT2D eigenvalue weighted by atomic mass is 32.2. The van der Waals surface area contributed by atoms with Gasteiger partial charge < -0.3 is 15.6 Å². The zero-order valence-electron chi connectivity index (χ0n) is 17.0. The zero-order valence-corrected chi connectivity index (χ0v) is 17.8. The van der Waals surface area contributed by atoms with Gasteiger partial charge in [-0.15, -0.1) is 0 Å². The Morgan fingerprint density at radius 3 is 2.59 bits per heavy atom. The molecule has 3 N–H and O–H groups in total. The lowest BCUT2D eigenvalue weighted by Gasteiger charge is -2.30. The summed E-state index contributed by atoms with van der Waals surface area (Å²) >= 11 is 0. The van der Waals surface area contributed by atoms with E-state index in [2.05, 4.69) is 0 Å². The molecule has 2 unspecified atom stereocenters. The molecule has 0 aromatic heterocycles. The fraction of sp³-hybridized carbons (Fsp3) is 0.455. The summed E-state index contributed by atoms with van der Waals surface area (Å²) in [5.74, 6) is 0.785. The number of nitrogens with two attached hydrogens (primary N) is 1. The first-order valence-corrected chi connectivity index (χ1v) is 11.5. The molecular weight excluding hydrogens is 388 g/mol. The summed E-state index contributed by atoms with van der Waals surface area (Å²) in [5.41, 5.74) is 8.17. The van der Waals surface area contributed by atoms with E-state index in [0.29, 0.717) is 19.4 Å². The van der Waals surface area contributed by atoms with Gasteiger partial charge in [-0.1, -0.05) is 44.2 Å². The Hall–Kier alpha value is -1.93. The number of hydrogen-bond acceptors (Lipinski definition) is 5. The molecule has 0 aliphatic carbocycles. The first-order chi connectivity index (χ1) is 13.8. The van der Waals surface area contributed by atoms with Crippen molar-refractivity contribution in [3.8, 4) is 5.75 Å². The van der Waals surface area contributed by atoms with Crippen LogP contribution in [0.15, 0.2) is 53.4 Å². The van der Waals surface area contributed by atoms with Crippen LogP contribution in [0.3, 0.4) is 0 Å². The van der Waals surface area contributed by atoms with Crippen LogP contribution in [-0.2, 0) is 22.9 Å². The first kappa shape index (κ1) is 21.8. The number of benzene rings is 2. The van der Waals surface area contributed by atoms with Crippen LogP contribution >= 0.6 is 0 Å². The molecule has 1 heterocycles. The number of aliphatic hydroxyl groups excluding tert-OH is 1. The van der Waals surface area contributed by atoms with E-state index in [-0.39, 0.29) is 29.8 Å². The number of ether oxygens (including phenoxy) is 1. The highest BCUT2D eigenvalue weighted by molar-refractivity contribution is 7.89. The van der Waals surface area contributed by atoms with Crippen LogP contribution < -0.4 is 10.5 Å². The van der Waals surface area contributed by atoms with E-state index in [9.17, 15) is 13.5 Å². The van der Waals surface area contributed by atoms with E-state index in [4.69, 9.17) is 10.5 Å². The molecule has 2 aromatic carbocycles. The van der Waals surface area contributed by atoms with Crippen LogP contribution in [0.1, 0.15) is 31.4 Å². The van der Waals surface area contributed by atoms with Crippen molar-refractivity contribution >= 4 is 10.0 Å². The quantitative estimate of drug-likeness (QED) is 0.611. The molecule has 1 aliphatic rings. The molecule has 29 heavy (non-hydrogen) atoms. The van der Waals surface area contributed by atoms with Crippen molar-refractivity contribution in [2.45, 2.75) is 50.3 Å². The van der Waals surface area contributed by atoms with Crippen LogP contribution in [0.5, 0.6) is 5.75 Å². The third-order valence-electron chi connectivity index (χ3n) is 5.00. The van der Waals surface area contributed by atoms with Gasteiger partial charge in [0, 0.05) is 25.4 Å². The van der Waals surface area contributed by atoms with E-state index in [0.717, 1.165) is 16.9 Å². The second-order valence-electron chi connectivity index (χ2n) is 8.00. The number of hydrogen-bond donors (Lipinski definition) is 2. The van der Waals surface area contributed by atoms with Gasteiger partial charge >= 0.3 is 0 Å². The van der Waals surface area contributed by atoms with Gasteiger partial charge in [0.25, 0.3) is 0 Å². The van der Waals surface area contributed by atoms with Crippen molar-refractivity contribution in [3.63, 3.8) is 0 Å². The molecule has 0 saturated heterocycles. The Morgan fingerprint density at radius 2 is 1.90 bits per heavy atom. The Kier molecular flexibility index (Phi) is 6.95. The van der Waals surface area contributed by atoms with E-state index < -0.39 is 16.3 Å². The monoisotopic (exact) mass is 418 g/mol. The Bertz CT molecular complexity index is 916. The first-order valence-electron chi connectivity index (χ1n) is 10.0. The fourth-order valence-electron chi connectivity index (χ4n) is 3.59. The summed E-state index contributed by atoms with van der Waals surface area (Å²) in [6, 6.07) is 14.3. The van der Waals surface area contributed by atoms with Gasteiger partial charge in [0.2, 0.25) is 10.0 Å². The number of sulfonamides is 1. The van der Waals surface area contributed by atoms with E-state index in [1.54, 1.807) is 18.2 Å². The normalized spacial score (nSPS) is 15.9. The molecule has 7 heteroatoms. The third kappa shape index (κ3) is 5.36. The molecule has 0 radical (unpaired) electrons. The molecule has 0 amide bonds. The molecular formula is C22H30N2O4S. The summed E-state index contributed by atoms with van der Waals surface area (Å²) in [6.45, 7) is 4.63.